The lowest BCUT2D eigenvalue weighted by Gasteiger charge is -2.26. The number of carbonyl (C=O) groups excluding carboxylic acids is 1. The predicted octanol–water partition coefficient (Wildman–Crippen LogP) is 2.14. The fraction of sp³-hybridized carbons (Fsp3) is 0.909. The Bertz CT molecular complexity index is 193. The van der Waals surface area contributed by atoms with Crippen molar-refractivity contribution in [2.24, 2.45) is 5.73 Å². The van der Waals surface area contributed by atoms with Crippen LogP contribution in [0.15, 0.2) is 0 Å². The van der Waals surface area contributed by atoms with Gasteiger partial charge in [0.15, 0.2) is 0 Å². The van der Waals surface area contributed by atoms with Gasteiger partial charge in [0, 0.05) is 19.6 Å². The zero-order valence-electron chi connectivity index (χ0n) is 10.7. The second-order valence-electron chi connectivity index (χ2n) is 3.90. The van der Waals surface area contributed by atoms with Crippen LogP contribution in [-0.4, -0.2) is 41.4 Å². The van der Waals surface area contributed by atoms with Crippen LogP contribution in [0.2, 0.25) is 0 Å². The van der Waals surface area contributed by atoms with E-state index in [0.717, 1.165) is 5.75 Å². The van der Waals surface area contributed by atoms with Crippen molar-refractivity contribution in [2.75, 3.05) is 19.3 Å². The summed E-state index contributed by atoms with van der Waals surface area (Å²) < 4.78 is 0. The number of nitrogens with two attached hydrogens (primary N) is 1. The fourth-order valence-electron chi connectivity index (χ4n) is 1.14. The van der Waals surface area contributed by atoms with Crippen LogP contribution in [-0.2, 0) is 4.79 Å². The molecule has 0 saturated heterocycles. The van der Waals surface area contributed by atoms with Crippen LogP contribution in [0.1, 0.15) is 33.6 Å². The molecule has 0 aromatic rings. The second-order valence-corrected chi connectivity index (χ2v) is 5.35. The van der Waals surface area contributed by atoms with Crippen molar-refractivity contribution in [1.29, 1.82) is 0 Å². The Balaban J connectivity index is 0. The lowest BCUT2D eigenvalue weighted by Crippen LogP contribution is -2.43. The summed E-state index contributed by atoms with van der Waals surface area (Å²) in [4.78, 5) is 13.6. The summed E-state index contributed by atoms with van der Waals surface area (Å²) in [5.74, 6) is 1.25. The third-order valence-corrected chi connectivity index (χ3v) is 3.79. The number of halogens is 1. The van der Waals surface area contributed by atoms with Gasteiger partial charge in [0.25, 0.3) is 0 Å². The van der Waals surface area contributed by atoms with E-state index in [0.29, 0.717) is 6.54 Å². The first-order valence-corrected chi connectivity index (χ1v) is 6.67. The smallest absolute Gasteiger partial charge is 0.235 e. The zero-order valence-corrected chi connectivity index (χ0v) is 12.4. The third-order valence-electron chi connectivity index (χ3n) is 2.56. The van der Waals surface area contributed by atoms with Gasteiger partial charge in [-0.05, 0) is 26.0 Å². The number of amides is 1. The Labute approximate surface area is 110 Å². The van der Waals surface area contributed by atoms with Crippen molar-refractivity contribution in [3.05, 3.63) is 0 Å². The largest absolute Gasteiger partial charge is 0.341 e. The number of nitrogens with zero attached hydrogens (tertiary/aromatic N) is 1. The van der Waals surface area contributed by atoms with Gasteiger partial charge in [-0.15, -0.1) is 24.2 Å². The number of hydrogen-bond donors (Lipinski definition) is 1. The molecule has 0 heterocycles. The van der Waals surface area contributed by atoms with Crippen LogP contribution in [0.5, 0.6) is 0 Å². The molecule has 0 spiro atoms. The summed E-state index contributed by atoms with van der Waals surface area (Å²) in [5.41, 5.74) is 5.53. The van der Waals surface area contributed by atoms with E-state index in [-0.39, 0.29) is 29.6 Å². The SMILES string of the molecule is CCCCSC(C)C(=O)N(C)C(C)CN.Cl. The van der Waals surface area contributed by atoms with E-state index in [1.807, 2.05) is 20.9 Å². The summed E-state index contributed by atoms with van der Waals surface area (Å²) in [7, 11) is 1.83. The molecule has 0 bridgehead atoms. The molecule has 1 amide bonds. The molecule has 0 rings (SSSR count). The Morgan fingerprint density at radius 1 is 1.44 bits per heavy atom. The highest BCUT2D eigenvalue weighted by molar-refractivity contribution is 8.00. The van der Waals surface area contributed by atoms with Crippen LogP contribution in [0, 0.1) is 0 Å². The summed E-state index contributed by atoms with van der Waals surface area (Å²) in [6, 6.07) is 0.131. The molecule has 0 aliphatic rings. The Morgan fingerprint density at radius 3 is 2.44 bits per heavy atom. The molecular weight excluding hydrogens is 244 g/mol. The molecule has 0 aromatic heterocycles. The van der Waals surface area contributed by atoms with Gasteiger partial charge >= 0.3 is 0 Å². The number of likely N-dealkylation sites (N-methyl/N-ethyl adjacent to an activating group) is 1. The van der Waals surface area contributed by atoms with E-state index in [1.165, 1.54) is 12.8 Å². The summed E-state index contributed by atoms with van der Waals surface area (Å²) in [6.07, 6.45) is 2.36. The van der Waals surface area contributed by atoms with Gasteiger partial charge in [-0.3, -0.25) is 4.79 Å². The van der Waals surface area contributed by atoms with Crippen molar-refractivity contribution < 1.29 is 4.79 Å². The van der Waals surface area contributed by atoms with E-state index in [2.05, 4.69) is 6.92 Å². The maximum Gasteiger partial charge on any atom is 0.235 e. The molecule has 98 valence electrons. The molecule has 0 aliphatic carbocycles. The number of thioether (sulfide) groups is 1. The highest BCUT2D eigenvalue weighted by atomic mass is 35.5. The lowest BCUT2D eigenvalue weighted by atomic mass is 10.3. The highest BCUT2D eigenvalue weighted by Gasteiger charge is 2.20. The summed E-state index contributed by atoms with van der Waals surface area (Å²) in [6.45, 7) is 6.63. The van der Waals surface area contributed by atoms with Crippen molar-refractivity contribution in [1.82, 2.24) is 4.90 Å². The van der Waals surface area contributed by atoms with E-state index >= 15 is 0 Å². The number of unbranched alkanes of at least 4 members (excludes halogenated alkanes) is 1. The number of rotatable bonds is 7. The zero-order chi connectivity index (χ0) is 11.8. The van der Waals surface area contributed by atoms with Crippen molar-refractivity contribution in [3.63, 3.8) is 0 Å². The van der Waals surface area contributed by atoms with Gasteiger partial charge in [0.2, 0.25) is 5.91 Å². The molecule has 0 saturated carbocycles. The van der Waals surface area contributed by atoms with Gasteiger partial charge in [-0.1, -0.05) is 13.3 Å². The molecular formula is C11H25ClN2OS. The molecule has 5 heteroatoms. The third kappa shape index (κ3) is 6.61. The van der Waals surface area contributed by atoms with E-state index < -0.39 is 0 Å². The maximum absolute atomic E-state index is 11.9. The van der Waals surface area contributed by atoms with Crippen molar-refractivity contribution in [3.8, 4) is 0 Å². The molecule has 2 atom stereocenters. The quantitative estimate of drug-likeness (QED) is 0.720. The van der Waals surface area contributed by atoms with Crippen LogP contribution in [0.4, 0.5) is 0 Å². The van der Waals surface area contributed by atoms with Crippen LogP contribution in [0.3, 0.4) is 0 Å². The summed E-state index contributed by atoms with van der Waals surface area (Å²) >= 11 is 1.73. The summed E-state index contributed by atoms with van der Waals surface area (Å²) in [5, 5.41) is 0.0514. The standard InChI is InChI=1S/C11H24N2OS.ClH/c1-5-6-7-15-10(3)11(14)13(4)9(2)8-12;/h9-10H,5-8,12H2,1-4H3;1H. The van der Waals surface area contributed by atoms with Gasteiger partial charge < -0.3 is 10.6 Å². The van der Waals surface area contributed by atoms with Crippen LogP contribution < -0.4 is 5.73 Å². The Morgan fingerprint density at radius 2 is 2.00 bits per heavy atom. The van der Waals surface area contributed by atoms with E-state index in [9.17, 15) is 4.79 Å². The average Bonchev–Trinajstić information content (AvgIpc) is 2.26. The molecule has 3 nitrogen and oxygen atoms in total. The minimum absolute atomic E-state index is 0. The van der Waals surface area contributed by atoms with Crippen molar-refractivity contribution in [2.45, 2.75) is 44.9 Å². The molecule has 2 N–H and O–H groups in total. The molecule has 0 aliphatic heterocycles. The van der Waals surface area contributed by atoms with Gasteiger partial charge in [-0.2, -0.15) is 0 Å². The van der Waals surface area contributed by atoms with Gasteiger partial charge in [-0.25, -0.2) is 0 Å². The minimum Gasteiger partial charge on any atom is -0.341 e. The number of carbonyl (C=O) groups is 1. The molecule has 0 radical (unpaired) electrons. The first-order valence-electron chi connectivity index (χ1n) is 5.62. The first kappa shape index (κ1) is 18.4. The highest BCUT2D eigenvalue weighted by Crippen LogP contribution is 2.15. The van der Waals surface area contributed by atoms with E-state index in [4.69, 9.17) is 5.73 Å². The number of hydrogen-bond acceptors (Lipinski definition) is 3. The maximum atomic E-state index is 11.9. The van der Waals surface area contributed by atoms with Crippen LogP contribution >= 0.6 is 24.2 Å². The Hall–Kier alpha value is 0.0700. The monoisotopic (exact) mass is 268 g/mol. The molecule has 0 fully saturated rings. The second kappa shape index (κ2) is 10.2. The minimum atomic E-state index is 0. The average molecular weight is 269 g/mol. The molecule has 0 aromatic carbocycles. The predicted molar refractivity (Wildman–Crippen MR) is 75.4 cm³/mol. The Kier molecular flexibility index (Phi) is 11.8. The lowest BCUT2D eigenvalue weighted by molar-refractivity contribution is -0.130. The first-order chi connectivity index (χ1) is 7.04. The van der Waals surface area contributed by atoms with Gasteiger partial charge in [0.05, 0.1) is 5.25 Å². The topological polar surface area (TPSA) is 46.3 Å². The molecule has 16 heavy (non-hydrogen) atoms. The van der Waals surface area contributed by atoms with E-state index in [1.54, 1.807) is 16.7 Å². The fourth-order valence-corrected chi connectivity index (χ4v) is 2.26. The van der Waals surface area contributed by atoms with Gasteiger partial charge in [0.1, 0.15) is 0 Å². The van der Waals surface area contributed by atoms with Crippen LogP contribution in [0.25, 0.3) is 0 Å². The molecule has 2 unspecified atom stereocenters. The van der Waals surface area contributed by atoms with Crippen molar-refractivity contribution >= 4 is 30.1 Å². The normalized spacial score (nSPS) is 13.8.